The Morgan fingerprint density at radius 2 is 2.11 bits per heavy atom. The standard InChI is InChI=1S/C11H18NO4PS/c1-16-9-4-5-10(12)11(8-9)18-7-3-2-6-17(13,14)15/h4-5,8H,2-3,6-7,12H2,1H3,(H2,13,14,15). The predicted molar refractivity (Wildman–Crippen MR) is 74.3 cm³/mol. The average molecular weight is 291 g/mol. The zero-order chi connectivity index (χ0) is 13.6. The summed E-state index contributed by atoms with van der Waals surface area (Å²) in [4.78, 5) is 18.4. The topological polar surface area (TPSA) is 92.8 Å². The summed E-state index contributed by atoms with van der Waals surface area (Å²) in [5.41, 5.74) is 6.52. The Balaban J connectivity index is 2.37. The van der Waals surface area contributed by atoms with Gasteiger partial charge in [0.1, 0.15) is 5.75 Å². The molecule has 0 amide bonds. The Bertz CT molecular complexity index is 435. The molecule has 0 unspecified atom stereocenters. The number of anilines is 1. The van der Waals surface area contributed by atoms with Crippen LogP contribution in [0.1, 0.15) is 12.8 Å². The minimum atomic E-state index is -3.85. The van der Waals surface area contributed by atoms with E-state index < -0.39 is 7.60 Å². The molecule has 0 saturated carbocycles. The summed E-state index contributed by atoms with van der Waals surface area (Å²) in [6.45, 7) is 0. The van der Waals surface area contributed by atoms with Crippen molar-refractivity contribution in [2.75, 3.05) is 24.8 Å². The van der Waals surface area contributed by atoms with Gasteiger partial charge in [0.05, 0.1) is 7.11 Å². The zero-order valence-corrected chi connectivity index (χ0v) is 11.9. The minimum Gasteiger partial charge on any atom is -0.497 e. The molecule has 0 aliphatic heterocycles. The van der Waals surface area contributed by atoms with Gasteiger partial charge in [0.2, 0.25) is 0 Å². The third-order valence-corrected chi connectivity index (χ3v) is 4.38. The van der Waals surface area contributed by atoms with Crippen LogP contribution in [-0.4, -0.2) is 28.8 Å². The van der Waals surface area contributed by atoms with Gasteiger partial charge >= 0.3 is 7.60 Å². The van der Waals surface area contributed by atoms with Gasteiger partial charge in [-0.2, -0.15) is 0 Å². The maximum Gasteiger partial charge on any atom is 0.325 e. The minimum absolute atomic E-state index is 0.0544. The smallest absolute Gasteiger partial charge is 0.325 e. The maximum atomic E-state index is 10.7. The molecule has 1 aromatic carbocycles. The van der Waals surface area contributed by atoms with Crippen LogP contribution in [0.5, 0.6) is 5.75 Å². The highest BCUT2D eigenvalue weighted by Gasteiger charge is 2.11. The molecule has 0 atom stereocenters. The lowest BCUT2D eigenvalue weighted by Gasteiger charge is -2.08. The van der Waals surface area contributed by atoms with Crippen molar-refractivity contribution in [2.24, 2.45) is 0 Å². The number of hydrogen-bond donors (Lipinski definition) is 3. The third-order valence-electron chi connectivity index (χ3n) is 2.32. The highest BCUT2D eigenvalue weighted by molar-refractivity contribution is 7.99. The normalized spacial score (nSPS) is 11.5. The fraction of sp³-hybridized carbons (Fsp3) is 0.455. The fourth-order valence-corrected chi connectivity index (χ4v) is 3.01. The largest absolute Gasteiger partial charge is 0.497 e. The lowest BCUT2D eigenvalue weighted by atomic mass is 10.3. The molecule has 0 bridgehead atoms. The molecule has 0 saturated heterocycles. The van der Waals surface area contributed by atoms with E-state index in [1.165, 1.54) is 0 Å². The van der Waals surface area contributed by atoms with Crippen LogP contribution in [0, 0.1) is 0 Å². The van der Waals surface area contributed by atoms with Crippen molar-refractivity contribution < 1.29 is 19.1 Å². The molecule has 0 fully saturated rings. The van der Waals surface area contributed by atoms with Gasteiger partial charge in [-0.05, 0) is 36.8 Å². The van der Waals surface area contributed by atoms with Crippen LogP contribution in [0.25, 0.3) is 0 Å². The van der Waals surface area contributed by atoms with Crippen molar-refractivity contribution >= 4 is 25.0 Å². The van der Waals surface area contributed by atoms with E-state index in [0.29, 0.717) is 12.1 Å². The van der Waals surface area contributed by atoms with Crippen LogP contribution >= 0.6 is 19.4 Å². The van der Waals surface area contributed by atoms with E-state index in [0.717, 1.165) is 22.8 Å². The number of ether oxygens (including phenoxy) is 1. The molecule has 7 heteroatoms. The van der Waals surface area contributed by atoms with Gasteiger partial charge in [0.25, 0.3) is 0 Å². The Kier molecular flexibility index (Phi) is 6.02. The van der Waals surface area contributed by atoms with E-state index in [4.69, 9.17) is 20.3 Å². The molecule has 0 heterocycles. The van der Waals surface area contributed by atoms with Crippen molar-refractivity contribution in [2.45, 2.75) is 17.7 Å². The van der Waals surface area contributed by atoms with Gasteiger partial charge in [-0.15, -0.1) is 11.8 Å². The quantitative estimate of drug-likeness (QED) is 0.309. The molecular formula is C11H18NO4PS. The molecule has 4 N–H and O–H groups in total. The molecule has 0 radical (unpaired) electrons. The first-order valence-electron chi connectivity index (χ1n) is 5.53. The summed E-state index contributed by atoms with van der Waals surface area (Å²) >= 11 is 1.57. The van der Waals surface area contributed by atoms with Crippen LogP contribution in [0.3, 0.4) is 0 Å². The number of thioether (sulfide) groups is 1. The van der Waals surface area contributed by atoms with Crippen LogP contribution in [-0.2, 0) is 4.57 Å². The second-order valence-corrected chi connectivity index (χ2v) is 6.76. The number of unbranched alkanes of at least 4 members (excludes halogenated alkanes) is 1. The van der Waals surface area contributed by atoms with Gasteiger partial charge in [-0.25, -0.2) is 0 Å². The molecule has 0 aromatic heterocycles. The highest BCUT2D eigenvalue weighted by atomic mass is 32.2. The van der Waals surface area contributed by atoms with Gasteiger partial charge in [-0.1, -0.05) is 0 Å². The third kappa shape index (κ3) is 5.78. The van der Waals surface area contributed by atoms with Crippen molar-refractivity contribution in [3.05, 3.63) is 18.2 Å². The first-order chi connectivity index (χ1) is 8.42. The molecule has 102 valence electrons. The number of nitrogen functional groups attached to an aromatic ring is 1. The Labute approximate surface area is 111 Å². The second-order valence-electron chi connectivity index (χ2n) is 3.85. The molecule has 18 heavy (non-hydrogen) atoms. The highest BCUT2D eigenvalue weighted by Crippen LogP contribution is 2.36. The van der Waals surface area contributed by atoms with Crippen molar-refractivity contribution in [3.8, 4) is 5.75 Å². The second kappa shape index (κ2) is 7.04. The van der Waals surface area contributed by atoms with Gasteiger partial charge in [0, 0.05) is 16.7 Å². The van der Waals surface area contributed by atoms with E-state index in [1.807, 2.05) is 6.07 Å². The number of rotatable bonds is 7. The van der Waals surface area contributed by atoms with E-state index in [-0.39, 0.29) is 6.16 Å². The van der Waals surface area contributed by atoms with Gasteiger partial charge in [-0.3, -0.25) is 4.57 Å². The first-order valence-corrected chi connectivity index (χ1v) is 8.31. The SMILES string of the molecule is COc1ccc(N)c(SCCCCP(=O)(O)O)c1. The molecule has 0 aliphatic carbocycles. The number of methoxy groups -OCH3 is 1. The number of nitrogens with two attached hydrogens (primary N) is 1. The maximum absolute atomic E-state index is 10.7. The molecular weight excluding hydrogens is 273 g/mol. The molecule has 1 aromatic rings. The van der Waals surface area contributed by atoms with Crippen LogP contribution < -0.4 is 10.5 Å². The van der Waals surface area contributed by atoms with Gasteiger partial charge in [0.15, 0.2) is 0 Å². The summed E-state index contributed by atoms with van der Waals surface area (Å²) in [5, 5.41) is 0. The average Bonchev–Trinajstić information content (AvgIpc) is 2.29. The van der Waals surface area contributed by atoms with E-state index >= 15 is 0 Å². The Hall–Kier alpha value is -0.680. The molecule has 1 rings (SSSR count). The van der Waals surface area contributed by atoms with Crippen molar-refractivity contribution in [1.82, 2.24) is 0 Å². The summed E-state index contributed by atoms with van der Waals surface area (Å²) in [6.07, 6.45) is 1.20. The lowest BCUT2D eigenvalue weighted by molar-refractivity contribution is 0.371. The van der Waals surface area contributed by atoms with Crippen LogP contribution in [0.2, 0.25) is 0 Å². The number of benzene rings is 1. The Morgan fingerprint density at radius 1 is 1.39 bits per heavy atom. The summed E-state index contributed by atoms with van der Waals surface area (Å²) in [7, 11) is -2.26. The first kappa shape index (κ1) is 15.4. The van der Waals surface area contributed by atoms with Crippen molar-refractivity contribution in [1.29, 1.82) is 0 Å². The summed E-state index contributed by atoms with van der Waals surface area (Å²) < 4.78 is 15.8. The Morgan fingerprint density at radius 3 is 2.72 bits per heavy atom. The summed E-state index contributed by atoms with van der Waals surface area (Å²) in [5.74, 6) is 1.53. The van der Waals surface area contributed by atoms with Crippen LogP contribution in [0.4, 0.5) is 5.69 Å². The monoisotopic (exact) mass is 291 g/mol. The zero-order valence-electron chi connectivity index (χ0n) is 10.2. The van der Waals surface area contributed by atoms with E-state index in [1.54, 1.807) is 31.0 Å². The van der Waals surface area contributed by atoms with E-state index in [9.17, 15) is 4.57 Å². The predicted octanol–water partition coefficient (Wildman–Crippen LogP) is 2.33. The number of hydrogen-bond acceptors (Lipinski definition) is 4. The molecule has 0 spiro atoms. The van der Waals surface area contributed by atoms with E-state index in [2.05, 4.69) is 0 Å². The lowest BCUT2D eigenvalue weighted by Crippen LogP contribution is -1.93. The molecule has 0 aliphatic rings. The van der Waals surface area contributed by atoms with Crippen LogP contribution in [0.15, 0.2) is 23.1 Å². The summed E-state index contributed by atoms with van der Waals surface area (Å²) in [6, 6.07) is 5.45. The molecule has 5 nitrogen and oxygen atoms in total. The van der Waals surface area contributed by atoms with Crippen molar-refractivity contribution in [3.63, 3.8) is 0 Å². The fourth-order valence-electron chi connectivity index (χ4n) is 1.37. The van der Waals surface area contributed by atoms with Gasteiger partial charge < -0.3 is 20.3 Å².